The van der Waals surface area contributed by atoms with Crippen molar-refractivity contribution < 1.29 is 13.6 Å². The van der Waals surface area contributed by atoms with E-state index in [4.69, 9.17) is 5.73 Å². The molecule has 18 heavy (non-hydrogen) atoms. The third-order valence-corrected chi connectivity index (χ3v) is 2.22. The van der Waals surface area contributed by atoms with Gasteiger partial charge in [0.25, 0.3) is 5.91 Å². The predicted molar refractivity (Wildman–Crippen MR) is 63.0 cm³/mol. The molecular weight excluding hydrogens is 240 g/mol. The summed E-state index contributed by atoms with van der Waals surface area (Å²) in [6, 6.07) is 5.66. The third kappa shape index (κ3) is 2.60. The van der Waals surface area contributed by atoms with Crippen molar-refractivity contribution in [2.75, 3.05) is 11.1 Å². The quantitative estimate of drug-likeness (QED) is 0.857. The lowest BCUT2D eigenvalue weighted by Crippen LogP contribution is -2.14. The van der Waals surface area contributed by atoms with Crippen molar-refractivity contribution in [3.8, 4) is 0 Å². The van der Waals surface area contributed by atoms with Gasteiger partial charge in [0.05, 0.1) is 17.4 Å². The second kappa shape index (κ2) is 4.79. The first kappa shape index (κ1) is 12.0. The van der Waals surface area contributed by atoms with Gasteiger partial charge in [-0.2, -0.15) is 0 Å². The predicted octanol–water partition coefficient (Wildman–Crippen LogP) is 2.19. The van der Waals surface area contributed by atoms with Gasteiger partial charge in [-0.3, -0.25) is 4.79 Å². The van der Waals surface area contributed by atoms with Gasteiger partial charge in [0.2, 0.25) is 0 Å². The highest BCUT2D eigenvalue weighted by atomic mass is 19.1. The molecule has 0 aliphatic heterocycles. The summed E-state index contributed by atoms with van der Waals surface area (Å²) >= 11 is 0. The van der Waals surface area contributed by atoms with Crippen LogP contribution in [0.1, 0.15) is 10.4 Å². The van der Waals surface area contributed by atoms with Crippen molar-refractivity contribution in [3.63, 3.8) is 0 Å². The van der Waals surface area contributed by atoms with Crippen LogP contribution >= 0.6 is 0 Å². The van der Waals surface area contributed by atoms with Gasteiger partial charge in [0.1, 0.15) is 17.5 Å². The molecule has 0 atom stereocenters. The maximum Gasteiger partial charge on any atom is 0.258 e. The summed E-state index contributed by atoms with van der Waals surface area (Å²) < 4.78 is 26.2. The Morgan fingerprint density at radius 2 is 2.00 bits per heavy atom. The van der Waals surface area contributed by atoms with E-state index in [0.717, 1.165) is 18.2 Å². The number of pyridine rings is 1. The summed E-state index contributed by atoms with van der Waals surface area (Å²) in [6.07, 6.45) is 1.32. The van der Waals surface area contributed by atoms with Gasteiger partial charge in [0, 0.05) is 0 Å². The number of hydrogen-bond donors (Lipinski definition) is 2. The van der Waals surface area contributed by atoms with E-state index in [9.17, 15) is 13.6 Å². The van der Waals surface area contributed by atoms with E-state index >= 15 is 0 Å². The van der Waals surface area contributed by atoms with Gasteiger partial charge in [-0.25, -0.2) is 13.8 Å². The molecule has 0 aliphatic carbocycles. The van der Waals surface area contributed by atoms with Gasteiger partial charge < -0.3 is 11.1 Å². The maximum absolute atomic E-state index is 13.3. The van der Waals surface area contributed by atoms with Crippen LogP contribution < -0.4 is 11.1 Å². The molecule has 1 aromatic carbocycles. The van der Waals surface area contributed by atoms with E-state index < -0.39 is 17.5 Å². The zero-order chi connectivity index (χ0) is 13.1. The molecule has 6 heteroatoms. The molecule has 0 saturated heterocycles. The summed E-state index contributed by atoms with van der Waals surface area (Å²) in [6.45, 7) is 0. The third-order valence-electron chi connectivity index (χ3n) is 2.22. The number of halogens is 2. The summed E-state index contributed by atoms with van der Waals surface area (Å²) in [5, 5.41) is 2.39. The highest BCUT2D eigenvalue weighted by Gasteiger charge is 2.13. The molecule has 0 aliphatic rings. The van der Waals surface area contributed by atoms with Crippen LogP contribution in [-0.2, 0) is 0 Å². The van der Waals surface area contributed by atoms with Crippen molar-refractivity contribution in [1.29, 1.82) is 0 Å². The van der Waals surface area contributed by atoms with Gasteiger partial charge in [-0.15, -0.1) is 0 Å². The lowest BCUT2D eigenvalue weighted by molar-refractivity contribution is 0.102. The lowest BCUT2D eigenvalue weighted by Gasteiger charge is -2.06. The van der Waals surface area contributed by atoms with Crippen LogP contribution in [0, 0.1) is 11.6 Å². The molecule has 1 amide bonds. The normalized spacial score (nSPS) is 10.1. The van der Waals surface area contributed by atoms with E-state index in [1.54, 1.807) is 0 Å². The summed E-state index contributed by atoms with van der Waals surface area (Å²) in [5.41, 5.74) is 5.36. The highest BCUT2D eigenvalue weighted by Crippen LogP contribution is 2.13. The minimum Gasteiger partial charge on any atom is -0.384 e. The van der Waals surface area contributed by atoms with Gasteiger partial charge in [-0.05, 0) is 30.3 Å². The maximum atomic E-state index is 13.3. The molecule has 4 nitrogen and oxygen atoms in total. The smallest absolute Gasteiger partial charge is 0.258 e. The Labute approximate surface area is 101 Å². The summed E-state index contributed by atoms with van der Waals surface area (Å²) in [4.78, 5) is 15.5. The number of carbonyl (C=O) groups excluding carboxylic acids is 1. The molecular formula is C12H9F2N3O. The molecule has 3 N–H and O–H groups in total. The fourth-order valence-electron chi connectivity index (χ4n) is 1.35. The van der Waals surface area contributed by atoms with Crippen LogP contribution in [0.3, 0.4) is 0 Å². The van der Waals surface area contributed by atoms with E-state index in [2.05, 4.69) is 10.3 Å². The van der Waals surface area contributed by atoms with Crippen LogP contribution in [0.5, 0.6) is 0 Å². The number of hydrogen-bond acceptors (Lipinski definition) is 3. The van der Waals surface area contributed by atoms with Gasteiger partial charge in [0.15, 0.2) is 0 Å². The minimum atomic E-state index is -0.794. The zero-order valence-electron chi connectivity index (χ0n) is 9.15. The zero-order valence-corrected chi connectivity index (χ0v) is 9.15. The standard InChI is InChI=1S/C12H9F2N3O/c13-7-1-3-10(14)9(5-7)12(18)17-8-2-4-11(15)16-6-8/h1-6H,(H2,15,16)(H,17,18). The molecule has 0 bridgehead atoms. The van der Waals surface area contributed by atoms with E-state index in [1.807, 2.05) is 0 Å². The molecule has 1 aromatic heterocycles. The molecule has 0 spiro atoms. The number of benzene rings is 1. The Morgan fingerprint density at radius 3 is 2.67 bits per heavy atom. The molecule has 0 unspecified atom stereocenters. The molecule has 0 radical (unpaired) electrons. The SMILES string of the molecule is Nc1ccc(NC(=O)c2cc(F)ccc2F)cn1. The lowest BCUT2D eigenvalue weighted by atomic mass is 10.2. The van der Waals surface area contributed by atoms with Crippen molar-refractivity contribution in [3.05, 3.63) is 53.7 Å². The number of nitrogen functional groups attached to an aromatic ring is 1. The fourth-order valence-corrected chi connectivity index (χ4v) is 1.35. The van der Waals surface area contributed by atoms with Crippen molar-refractivity contribution in [2.45, 2.75) is 0 Å². The molecule has 2 rings (SSSR count). The number of anilines is 2. The number of nitrogens with zero attached hydrogens (tertiary/aromatic N) is 1. The van der Waals surface area contributed by atoms with Crippen molar-refractivity contribution >= 4 is 17.4 Å². The highest BCUT2D eigenvalue weighted by molar-refractivity contribution is 6.04. The van der Waals surface area contributed by atoms with Crippen molar-refractivity contribution in [1.82, 2.24) is 4.98 Å². The summed E-state index contributed by atoms with van der Waals surface area (Å²) in [7, 11) is 0. The first-order valence-corrected chi connectivity index (χ1v) is 5.04. The minimum absolute atomic E-state index is 0.296. The Kier molecular flexibility index (Phi) is 3.18. The first-order valence-electron chi connectivity index (χ1n) is 5.04. The second-order valence-electron chi connectivity index (χ2n) is 3.55. The fraction of sp³-hybridized carbons (Fsp3) is 0. The van der Waals surface area contributed by atoms with E-state index in [0.29, 0.717) is 11.5 Å². The Morgan fingerprint density at radius 1 is 1.22 bits per heavy atom. The largest absolute Gasteiger partial charge is 0.384 e. The average molecular weight is 249 g/mol. The summed E-state index contributed by atoms with van der Waals surface area (Å²) in [5.74, 6) is -1.93. The van der Waals surface area contributed by atoms with Crippen LogP contribution in [0.25, 0.3) is 0 Å². The number of nitrogens with one attached hydrogen (secondary N) is 1. The number of amides is 1. The van der Waals surface area contributed by atoms with E-state index in [-0.39, 0.29) is 5.56 Å². The number of carbonyl (C=O) groups is 1. The monoisotopic (exact) mass is 249 g/mol. The van der Waals surface area contributed by atoms with Crippen LogP contribution in [-0.4, -0.2) is 10.9 Å². The average Bonchev–Trinajstić information content (AvgIpc) is 2.35. The molecule has 2 aromatic rings. The molecule has 92 valence electrons. The Hall–Kier alpha value is -2.50. The van der Waals surface area contributed by atoms with Crippen molar-refractivity contribution in [2.24, 2.45) is 0 Å². The molecule has 1 heterocycles. The van der Waals surface area contributed by atoms with Crippen LogP contribution in [0.4, 0.5) is 20.3 Å². The molecule has 0 saturated carbocycles. The van der Waals surface area contributed by atoms with Gasteiger partial charge >= 0.3 is 0 Å². The van der Waals surface area contributed by atoms with Gasteiger partial charge in [-0.1, -0.05) is 0 Å². The topological polar surface area (TPSA) is 68.0 Å². The van der Waals surface area contributed by atoms with E-state index in [1.165, 1.54) is 18.3 Å². The Bertz CT molecular complexity index is 584. The Balaban J connectivity index is 2.21. The van der Waals surface area contributed by atoms with Crippen LogP contribution in [0.15, 0.2) is 36.5 Å². The number of aromatic nitrogens is 1. The van der Waals surface area contributed by atoms with Crippen LogP contribution in [0.2, 0.25) is 0 Å². The molecule has 0 fully saturated rings. The first-order chi connectivity index (χ1) is 8.56. The number of rotatable bonds is 2. The number of nitrogens with two attached hydrogens (primary N) is 1. The second-order valence-corrected chi connectivity index (χ2v) is 3.55.